The topological polar surface area (TPSA) is 38.0 Å². The van der Waals surface area contributed by atoms with Crippen LogP contribution in [0.5, 0.6) is 0 Å². The molecular formula is C13H30N2. The van der Waals surface area contributed by atoms with Crippen molar-refractivity contribution in [1.82, 2.24) is 5.32 Å². The average Bonchev–Trinajstić information content (AvgIpc) is 2.15. The predicted octanol–water partition coefficient (Wildman–Crippen LogP) is 2.63. The fraction of sp³-hybridized carbons (Fsp3) is 1.00. The van der Waals surface area contributed by atoms with E-state index in [2.05, 4.69) is 39.9 Å². The third-order valence-corrected chi connectivity index (χ3v) is 3.38. The molecule has 2 heteroatoms. The first-order valence-corrected chi connectivity index (χ1v) is 6.28. The van der Waals surface area contributed by atoms with Gasteiger partial charge in [0.25, 0.3) is 0 Å². The molecule has 0 aromatic carbocycles. The van der Waals surface area contributed by atoms with Gasteiger partial charge in [-0.1, -0.05) is 34.6 Å². The van der Waals surface area contributed by atoms with Crippen LogP contribution in [-0.4, -0.2) is 19.6 Å². The van der Waals surface area contributed by atoms with E-state index in [1.165, 1.54) is 12.8 Å². The van der Waals surface area contributed by atoms with Crippen molar-refractivity contribution >= 4 is 0 Å². The van der Waals surface area contributed by atoms with Crippen molar-refractivity contribution < 1.29 is 0 Å². The first kappa shape index (κ1) is 14.9. The first-order chi connectivity index (χ1) is 6.88. The molecule has 0 fully saturated rings. The molecule has 0 heterocycles. The molecule has 0 spiro atoms. The first-order valence-electron chi connectivity index (χ1n) is 6.28. The summed E-state index contributed by atoms with van der Waals surface area (Å²) in [6.45, 7) is 14.5. The van der Waals surface area contributed by atoms with Crippen LogP contribution in [0.1, 0.15) is 47.5 Å². The van der Waals surface area contributed by atoms with Gasteiger partial charge in [-0.15, -0.1) is 0 Å². The highest BCUT2D eigenvalue weighted by Gasteiger charge is 2.18. The molecule has 0 rings (SSSR count). The van der Waals surface area contributed by atoms with Crippen LogP contribution in [0, 0.1) is 17.3 Å². The molecule has 3 N–H and O–H groups in total. The van der Waals surface area contributed by atoms with Crippen LogP contribution in [0.25, 0.3) is 0 Å². The van der Waals surface area contributed by atoms with E-state index in [0.29, 0.717) is 11.3 Å². The second kappa shape index (κ2) is 7.24. The SMILES string of the molecule is CC(CN)CCCNCC(C)C(C)(C)C. The summed E-state index contributed by atoms with van der Waals surface area (Å²) < 4.78 is 0. The highest BCUT2D eigenvalue weighted by molar-refractivity contribution is 4.71. The Morgan fingerprint density at radius 3 is 2.27 bits per heavy atom. The smallest absolute Gasteiger partial charge is 0.00182 e. The van der Waals surface area contributed by atoms with Crippen molar-refractivity contribution in [2.24, 2.45) is 23.0 Å². The molecule has 2 nitrogen and oxygen atoms in total. The Morgan fingerprint density at radius 2 is 1.80 bits per heavy atom. The summed E-state index contributed by atoms with van der Waals surface area (Å²) in [5.74, 6) is 1.40. The summed E-state index contributed by atoms with van der Waals surface area (Å²) in [5.41, 5.74) is 5.99. The second-order valence-electron chi connectivity index (χ2n) is 5.95. The van der Waals surface area contributed by atoms with Crippen LogP contribution in [0.2, 0.25) is 0 Å². The second-order valence-corrected chi connectivity index (χ2v) is 5.95. The molecule has 0 aromatic rings. The van der Waals surface area contributed by atoms with Gasteiger partial charge in [0.05, 0.1) is 0 Å². The van der Waals surface area contributed by atoms with Crippen LogP contribution in [0.15, 0.2) is 0 Å². The third kappa shape index (κ3) is 7.80. The van der Waals surface area contributed by atoms with E-state index in [-0.39, 0.29) is 0 Å². The Bertz CT molecular complexity index is 149. The van der Waals surface area contributed by atoms with Gasteiger partial charge < -0.3 is 11.1 Å². The van der Waals surface area contributed by atoms with Gasteiger partial charge >= 0.3 is 0 Å². The zero-order valence-corrected chi connectivity index (χ0v) is 11.3. The fourth-order valence-electron chi connectivity index (χ4n) is 1.32. The van der Waals surface area contributed by atoms with Crippen molar-refractivity contribution in [1.29, 1.82) is 0 Å². The summed E-state index contributed by atoms with van der Waals surface area (Å²) in [6, 6.07) is 0. The van der Waals surface area contributed by atoms with Gasteiger partial charge in [0.1, 0.15) is 0 Å². The largest absolute Gasteiger partial charge is 0.330 e. The van der Waals surface area contributed by atoms with E-state index in [9.17, 15) is 0 Å². The molecule has 0 aliphatic rings. The molecule has 0 saturated carbocycles. The average molecular weight is 214 g/mol. The van der Waals surface area contributed by atoms with E-state index in [1.54, 1.807) is 0 Å². The Labute approximate surface area is 96.0 Å². The Kier molecular flexibility index (Phi) is 7.20. The fourth-order valence-corrected chi connectivity index (χ4v) is 1.32. The summed E-state index contributed by atoms with van der Waals surface area (Å²) in [6.07, 6.45) is 2.49. The van der Waals surface area contributed by atoms with Crippen molar-refractivity contribution in [3.63, 3.8) is 0 Å². The molecule has 15 heavy (non-hydrogen) atoms. The van der Waals surface area contributed by atoms with E-state index < -0.39 is 0 Å². The van der Waals surface area contributed by atoms with Crippen molar-refractivity contribution in [3.8, 4) is 0 Å². The van der Waals surface area contributed by atoms with Gasteiger partial charge in [0, 0.05) is 0 Å². The maximum atomic E-state index is 5.57. The maximum Gasteiger partial charge on any atom is -0.00182 e. The molecule has 2 unspecified atom stereocenters. The number of hydrogen-bond donors (Lipinski definition) is 2. The molecule has 0 amide bonds. The zero-order chi connectivity index (χ0) is 11.9. The number of nitrogens with one attached hydrogen (secondary N) is 1. The van der Waals surface area contributed by atoms with Crippen molar-refractivity contribution in [3.05, 3.63) is 0 Å². The zero-order valence-electron chi connectivity index (χ0n) is 11.3. The van der Waals surface area contributed by atoms with Gasteiger partial charge in [0.2, 0.25) is 0 Å². The van der Waals surface area contributed by atoms with Crippen LogP contribution in [-0.2, 0) is 0 Å². The lowest BCUT2D eigenvalue weighted by atomic mass is 9.82. The van der Waals surface area contributed by atoms with Crippen LogP contribution in [0.3, 0.4) is 0 Å². The molecule has 0 saturated heterocycles. The molecule has 0 aliphatic carbocycles. The minimum absolute atomic E-state index is 0.414. The molecule has 92 valence electrons. The molecule has 0 aromatic heterocycles. The Hall–Kier alpha value is -0.0800. The molecule has 0 bridgehead atoms. The molecular weight excluding hydrogens is 184 g/mol. The third-order valence-electron chi connectivity index (χ3n) is 3.38. The van der Waals surface area contributed by atoms with Crippen LogP contribution < -0.4 is 11.1 Å². The maximum absolute atomic E-state index is 5.57. The van der Waals surface area contributed by atoms with Gasteiger partial charge in [-0.3, -0.25) is 0 Å². The van der Waals surface area contributed by atoms with Gasteiger partial charge in [-0.25, -0.2) is 0 Å². The highest BCUT2D eigenvalue weighted by Crippen LogP contribution is 2.24. The molecule has 2 atom stereocenters. The Balaban J connectivity index is 3.39. The van der Waals surface area contributed by atoms with E-state index in [4.69, 9.17) is 5.73 Å². The van der Waals surface area contributed by atoms with Crippen LogP contribution in [0.4, 0.5) is 0 Å². The summed E-state index contributed by atoms with van der Waals surface area (Å²) >= 11 is 0. The quantitative estimate of drug-likeness (QED) is 0.639. The van der Waals surface area contributed by atoms with E-state index in [0.717, 1.165) is 25.6 Å². The minimum Gasteiger partial charge on any atom is -0.330 e. The predicted molar refractivity (Wildman–Crippen MR) is 68.9 cm³/mol. The van der Waals surface area contributed by atoms with Crippen molar-refractivity contribution in [2.75, 3.05) is 19.6 Å². The molecule has 0 aliphatic heterocycles. The number of nitrogens with two attached hydrogens (primary N) is 1. The van der Waals surface area contributed by atoms with Gasteiger partial charge in [0.15, 0.2) is 0 Å². The minimum atomic E-state index is 0.414. The van der Waals surface area contributed by atoms with Crippen LogP contribution >= 0.6 is 0 Å². The standard InChI is InChI=1S/C13H30N2/c1-11(9-14)7-6-8-15-10-12(2)13(3,4)5/h11-12,15H,6-10,14H2,1-5H3. The van der Waals surface area contributed by atoms with E-state index >= 15 is 0 Å². The van der Waals surface area contributed by atoms with E-state index in [1.807, 2.05) is 0 Å². The lowest BCUT2D eigenvalue weighted by molar-refractivity contribution is 0.252. The lowest BCUT2D eigenvalue weighted by Gasteiger charge is -2.27. The van der Waals surface area contributed by atoms with Gasteiger partial charge in [-0.2, -0.15) is 0 Å². The summed E-state index contributed by atoms with van der Waals surface area (Å²) in [4.78, 5) is 0. The Morgan fingerprint density at radius 1 is 1.20 bits per heavy atom. The number of hydrogen-bond acceptors (Lipinski definition) is 2. The molecule has 0 radical (unpaired) electrons. The normalized spacial score (nSPS) is 16.4. The summed E-state index contributed by atoms with van der Waals surface area (Å²) in [7, 11) is 0. The highest BCUT2D eigenvalue weighted by atomic mass is 14.9. The lowest BCUT2D eigenvalue weighted by Crippen LogP contribution is -2.30. The monoisotopic (exact) mass is 214 g/mol. The van der Waals surface area contributed by atoms with Crippen molar-refractivity contribution in [2.45, 2.75) is 47.5 Å². The number of rotatable bonds is 7. The summed E-state index contributed by atoms with van der Waals surface area (Å²) in [5, 5.41) is 3.53. The van der Waals surface area contributed by atoms with Gasteiger partial charge in [-0.05, 0) is 49.7 Å².